The van der Waals surface area contributed by atoms with E-state index in [1.54, 1.807) is 44.2 Å². The van der Waals surface area contributed by atoms with Crippen LogP contribution in [0.4, 0.5) is 15.8 Å². The summed E-state index contributed by atoms with van der Waals surface area (Å²) in [5.41, 5.74) is 0.861. The first-order chi connectivity index (χ1) is 14.0. The minimum absolute atomic E-state index is 0.126. The first-order valence-electron chi connectivity index (χ1n) is 9.10. The van der Waals surface area contributed by atoms with Gasteiger partial charge in [0.05, 0.1) is 12.8 Å². The van der Waals surface area contributed by atoms with Gasteiger partial charge >= 0.3 is 0 Å². The molecular weight excluding hydrogens is 425 g/mol. The van der Waals surface area contributed by atoms with E-state index in [9.17, 15) is 17.6 Å². The zero-order chi connectivity index (χ0) is 22.3. The van der Waals surface area contributed by atoms with Crippen molar-refractivity contribution < 1.29 is 17.6 Å². The van der Waals surface area contributed by atoms with Crippen LogP contribution in [0.1, 0.15) is 24.5 Å². The molecule has 0 radical (unpaired) electrons. The maximum absolute atomic E-state index is 13.4. The molecule has 6 nitrogen and oxygen atoms in total. The largest absolute Gasteiger partial charge is 0.271 e. The lowest BCUT2D eigenvalue weighted by molar-refractivity contribution is -0.123. The highest BCUT2D eigenvalue weighted by molar-refractivity contribution is 7.91. The van der Waals surface area contributed by atoms with E-state index in [-0.39, 0.29) is 17.4 Å². The zero-order valence-corrected chi connectivity index (χ0v) is 18.3. The van der Waals surface area contributed by atoms with E-state index in [2.05, 4.69) is 4.85 Å². The molecule has 156 valence electrons. The first kappa shape index (κ1) is 21.9. The summed E-state index contributed by atoms with van der Waals surface area (Å²) in [6.07, 6.45) is 1.54. The van der Waals surface area contributed by atoms with Crippen LogP contribution in [0.3, 0.4) is 0 Å². The number of nitrogens with zero attached hydrogens (tertiary/aromatic N) is 3. The second-order valence-corrected chi connectivity index (χ2v) is 9.63. The molecule has 1 saturated heterocycles. The molecule has 0 spiro atoms. The van der Waals surface area contributed by atoms with Crippen molar-refractivity contribution in [2.24, 2.45) is 0 Å². The Hall–Kier alpha value is -2.83. The van der Waals surface area contributed by atoms with Crippen molar-refractivity contribution in [3.05, 3.63) is 70.8 Å². The Kier molecular flexibility index (Phi) is 5.67. The molecular formula is C21H20FN3O3S2. The number of hydrogen-bond donors (Lipinski definition) is 0. The molecule has 3 rings (SSSR count). The van der Waals surface area contributed by atoms with E-state index in [4.69, 9.17) is 18.8 Å². The number of aryl methyl sites for hydroxylation is 2. The highest BCUT2D eigenvalue weighted by Crippen LogP contribution is 2.38. The van der Waals surface area contributed by atoms with E-state index in [1.807, 2.05) is 0 Å². The van der Waals surface area contributed by atoms with Gasteiger partial charge in [0.15, 0.2) is 10.8 Å². The number of hydrogen-bond acceptors (Lipinski definition) is 4. The third kappa shape index (κ3) is 3.80. The van der Waals surface area contributed by atoms with E-state index in [1.165, 1.54) is 17.0 Å². The summed E-state index contributed by atoms with van der Waals surface area (Å²) in [6.45, 7) is 10.5. The van der Waals surface area contributed by atoms with Crippen molar-refractivity contribution >= 4 is 44.6 Å². The maximum Gasteiger partial charge on any atom is 0.260 e. The fourth-order valence-corrected chi connectivity index (χ4v) is 5.67. The normalized spacial score (nSPS) is 19.3. The molecule has 1 fully saturated rings. The van der Waals surface area contributed by atoms with Crippen molar-refractivity contribution in [2.75, 3.05) is 11.2 Å². The second-order valence-electron chi connectivity index (χ2n) is 7.43. The molecule has 1 amide bonds. The predicted molar refractivity (Wildman–Crippen MR) is 117 cm³/mol. The smallest absolute Gasteiger partial charge is 0.260 e. The summed E-state index contributed by atoms with van der Waals surface area (Å²) in [5.74, 6) is -0.833. The average Bonchev–Trinajstić information content (AvgIpc) is 2.87. The van der Waals surface area contributed by atoms with Gasteiger partial charge in [-0.05, 0) is 74.3 Å². The fourth-order valence-electron chi connectivity index (χ4n) is 3.60. The minimum Gasteiger partial charge on any atom is -0.271 e. The third-order valence-corrected chi connectivity index (χ3v) is 6.90. The van der Waals surface area contributed by atoms with Crippen LogP contribution in [0.15, 0.2) is 42.5 Å². The van der Waals surface area contributed by atoms with Crippen LogP contribution in [0, 0.1) is 19.3 Å². The molecule has 9 heteroatoms. The van der Waals surface area contributed by atoms with Gasteiger partial charge in [-0.25, -0.2) is 22.0 Å². The van der Waals surface area contributed by atoms with Crippen LogP contribution in [0.2, 0.25) is 0 Å². The number of carbonyl (C=O) groups is 1. The topological polar surface area (TPSA) is 62.1 Å². The second kappa shape index (κ2) is 7.78. The molecule has 30 heavy (non-hydrogen) atoms. The van der Waals surface area contributed by atoms with Crippen molar-refractivity contribution in [3.63, 3.8) is 0 Å². The minimum atomic E-state index is -3.85. The molecule has 0 aromatic heterocycles. The zero-order valence-electron chi connectivity index (χ0n) is 16.7. The summed E-state index contributed by atoms with van der Waals surface area (Å²) in [7, 11) is -3.85. The molecule has 2 aromatic carbocycles. The molecule has 0 unspecified atom stereocenters. The lowest BCUT2D eigenvalue weighted by Gasteiger charge is -2.30. The molecule has 1 aliphatic heterocycles. The van der Waals surface area contributed by atoms with E-state index < -0.39 is 21.5 Å². The van der Waals surface area contributed by atoms with Gasteiger partial charge in [0.2, 0.25) is 10.0 Å². The van der Waals surface area contributed by atoms with Gasteiger partial charge in [-0.15, -0.1) is 0 Å². The summed E-state index contributed by atoms with van der Waals surface area (Å²) in [4.78, 5) is 18.1. The summed E-state index contributed by atoms with van der Waals surface area (Å²) in [6, 6.07) is 10.6. The average molecular weight is 446 g/mol. The Morgan fingerprint density at radius 1 is 1.20 bits per heavy atom. The van der Waals surface area contributed by atoms with E-state index in [0.717, 1.165) is 16.1 Å². The third-order valence-electron chi connectivity index (χ3n) is 5.18. The molecule has 0 aliphatic carbocycles. The number of thiocarbonyl (C=S) groups is 1. The van der Waals surface area contributed by atoms with Crippen molar-refractivity contribution in [1.29, 1.82) is 0 Å². The molecule has 0 N–H and O–H groups in total. The molecule has 0 saturated carbocycles. The van der Waals surface area contributed by atoms with Crippen molar-refractivity contribution in [2.45, 2.75) is 32.2 Å². The maximum atomic E-state index is 13.4. The molecule has 2 aromatic rings. The number of carbonyl (C=O) groups excluding carboxylic acids is 1. The van der Waals surface area contributed by atoms with Crippen LogP contribution >= 0.6 is 12.2 Å². The molecule has 1 heterocycles. The molecule has 1 aliphatic rings. The van der Waals surface area contributed by atoms with Crippen LogP contribution in [-0.2, 0) is 21.2 Å². The van der Waals surface area contributed by atoms with E-state index in [0.29, 0.717) is 23.4 Å². The predicted octanol–water partition coefficient (Wildman–Crippen LogP) is 3.97. The van der Waals surface area contributed by atoms with Gasteiger partial charge in [-0.2, -0.15) is 0 Å². The lowest BCUT2D eigenvalue weighted by atomic mass is 9.93. The Morgan fingerprint density at radius 3 is 2.37 bits per heavy atom. The lowest BCUT2D eigenvalue weighted by Crippen LogP contribution is -2.49. The number of benzene rings is 2. The number of rotatable bonds is 5. The fraction of sp³-hybridized carbons (Fsp3) is 0.286. The van der Waals surface area contributed by atoms with Crippen LogP contribution in [-0.4, -0.2) is 35.5 Å². The standard InChI is InChI=1S/C21H20FN3O3S2/c1-14-13-17(9-10-18(14)23-3)24-19(26)21(2,25(20(24)29)30(4,27)28)12-11-15-5-7-16(22)8-6-15/h5-10,13H,11-12H2,1-2,4H3/t21-/m0/s1. The van der Waals surface area contributed by atoms with E-state index >= 15 is 0 Å². The highest BCUT2D eigenvalue weighted by Gasteiger charge is 2.56. The SMILES string of the molecule is [C-]#[N+]c1ccc(N2C(=O)[C@](C)(CCc3ccc(F)cc3)N(S(C)(=O)=O)C2=S)cc1C. The number of amides is 1. The van der Waals surface area contributed by atoms with Crippen LogP contribution < -0.4 is 4.90 Å². The summed E-state index contributed by atoms with van der Waals surface area (Å²) >= 11 is 5.41. The number of halogens is 1. The van der Waals surface area contributed by atoms with Crippen molar-refractivity contribution in [1.82, 2.24) is 4.31 Å². The Bertz CT molecular complexity index is 1170. The van der Waals surface area contributed by atoms with Crippen molar-refractivity contribution in [3.8, 4) is 0 Å². The Morgan fingerprint density at radius 2 is 1.83 bits per heavy atom. The Balaban J connectivity index is 2.01. The van der Waals surface area contributed by atoms with Gasteiger partial charge in [0.1, 0.15) is 11.4 Å². The van der Waals surface area contributed by atoms with Crippen LogP contribution in [0.25, 0.3) is 4.85 Å². The van der Waals surface area contributed by atoms with Gasteiger partial charge < -0.3 is 0 Å². The number of sulfonamides is 1. The molecule has 0 bridgehead atoms. The quantitative estimate of drug-likeness (QED) is 0.516. The summed E-state index contributed by atoms with van der Waals surface area (Å²) in [5, 5.41) is -0.126. The summed E-state index contributed by atoms with van der Waals surface area (Å²) < 4.78 is 39.3. The van der Waals surface area contributed by atoms with Gasteiger partial charge in [-0.3, -0.25) is 9.69 Å². The number of anilines is 1. The van der Waals surface area contributed by atoms with Gasteiger partial charge in [0, 0.05) is 5.69 Å². The van der Waals surface area contributed by atoms with Gasteiger partial charge in [-0.1, -0.05) is 18.2 Å². The van der Waals surface area contributed by atoms with Crippen LogP contribution in [0.5, 0.6) is 0 Å². The Labute approximate surface area is 180 Å². The highest BCUT2D eigenvalue weighted by atomic mass is 32.2. The first-order valence-corrected chi connectivity index (χ1v) is 11.4. The van der Waals surface area contributed by atoms with Gasteiger partial charge in [0.25, 0.3) is 5.91 Å². The molecule has 1 atom stereocenters. The monoisotopic (exact) mass is 445 g/mol.